The lowest BCUT2D eigenvalue weighted by Gasteiger charge is -2.34. The van der Waals surface area contributed by atoms with E-state index in [1.807, 2.05) is 0 Å². The molecule has 1 fully saturated rings. The van der Waals surface area contributed by atoms with Gasteiger partial charge in [-0.2, -0.15) is 5.26 Å². The highest BCUT2D eigenvalue weighted by Crippen LogP contribution is 2.32. The summed E-state index contributed by atoms with van der Waals surface area (Å²) in [4.78, 5) is 12.4. The lowest BCUT2D eigenvalue weighted by molar-refractivity contribution is 0.0893. The van der Waals surface area contributed by atoms with E-state index in [0.717, 1.165) is 12.8 Å². The van der Waals surface area contributed by atoms with Gasteiger partial charge in [-0.05, 0) is 65.7 Å². The van der Waals surface area contributed by atoms with E-state index < -0.39 is 5.54 Å². The summed E-state index contributed by atoms with van der Waals surface area (Å²) in [7, 11) is 0. The summed E-state index contributed by atoms with van der Waals surface area (Å²) in [6.45, 7) is 2.18. The van der Waals surface area contributed by atoms with Crippen molar-refractivity contribution in [1.82, 2.24) is 5.32 Å². The van der Waals surface area contributed by atoms with Crippen LogP contribution in [0.2, 0.25) is 5.02 Å². The molecular weight excluding hydrogens is 340 g/mol. The molecule has 0 unspecified atom stereocenters. The molecule has 0 spiro atoms. The number of hydrogen-bond donors (Lipinski definition) is 1. The predicted molar refractivity (Wildman–Crippen MR) is 82.6 cm³/mol. The van der Waals surface area contributed by atoms with Gasteiger partial charge in [-0.3, -0.25) is 4.79 Å². The molecule has 5 heteroatoms. The monoisotopic (exact) mass is 354 g/mol. The van der Waals surface area contributed by atoms with Crippen molar-refractivity contribution >= 4 is 33.4 Å². The predicted octanol–water partition coefficient (Wildman–Crippen LogP) is 4.30. The maximum Gasteiger partial charge on any atom is 0.253 e. The Morgan fingerprint density at radius 3 is 2.75 bits per heavy atom. The quantitative estimate of drug-likeness (QED) is 0.859. The fraction of sp³-hybridized carbons (Fsp3) is 0.467. The number of nitriles is 1. The third-order valence-corrected chi connectivity index (χ3v) is 4.79. The van der Waals surface area contributed by atoms with Crippen molar-refractivity contribution in [2.75, 3.05) is 0 Å². The number of benzene rings is 1. The van der Waals surface area contributed by atoms with Gasteiger partial charge in [0.15, 0.2) is 0 Å². The molecule has 0 radical (unpaired) electrons. The van der Waals surface area contributed by atoms with Gasteiger partial charge in [0, 0.05) is 9.50 Å². The van der Waals surface area contributed by atoms with Gasteiger partial charge in [-0.1, -0.05) is 18.5 Å². The molecule has 1 aliphatic carbocycles. The van der Waals surface area contributed by atoms with Crippen LogP contribution < -0.4 is 5.32 Å². The van der Waals surface area contributed by atoms with Gasteiger partial charge in [0.1, 0.15) is 5.54 Å². The lowest BCUT2D eigenvalue weighted by atomic mass is 9.78. The zero-order valence-electron chi connectivity index (χ0n) is 11.2. The normalized spacial score (nSPS) is 25.8. The number of nitrogens with zero attached hydrogens (tertiary/aromatic N) is 1. The highest BCUT2D eigenvalue weighted by atomic mass is 79.9. The summed E-state index contributed by atoms with van der Waals surface area (Å²) in [6.07, 6.45) is 3.33. The Morgan fingerprint density at radius 2 is 2.15 bits per heavy atom. The first-order valence-electron chi connectivity index (χ1n) is 6.64. The van der Waals surface area contributed by atoms with Gasteiger partial charge in [0.25, 0.3) is 5.91 Å². The summed E-state index contributed by atoms with van der Waals surface area (Å²) in [5.41, 5.74) is -0.281. The number of carbonyl (C=O) groups excluding carboxylic acids is 1. The van der Waals surface area contributed by atoms with Crippen LogP contribution >= 0.6 is 27.5 Å². The number of rotatable bonds is 2. The first kappa shape index (κ1) is 15.3. The van der Waals surface area contributed by atoms with E-state index in [-0.39, 0.29) is 5.91 Å². The molecule has 3 nitrogen and oxygen atoms in total. The molecule has 1 aromatic carbocycles. The molecule has 106 valence electrons. The van der Waals surface area contributed by atoms with Gasteiger partial charge >= 0.3 is 0 Å². The summed E-state index contributed by atoms with van der Waals surface area (Å²) in [6, 6.07) is 7.35. The zero-order chi connectivity index (χ0) is 14.8. The fourth-order valence-electron chi connectivity index (χ4n) is 2.48. The lowest BCUT2D eigenvalue weighted by Crippen LogP contribution is -2.49. The second-order valence-corrected chi connectivity index (χ2v) is 6.75. The first-order valence-corrected chi connectivity index (χ1v) is 7.82. The van der Waals surface area contributed by atoms with Gasteiger partial charge < -0.3 is 5.32 Å². The maximum atomic E-state index is 12.4. The minimum atomic E-state index is -0.745. The largest absolute Gasteiger partial charge is 0.334 e. The zero-order valence-corrected chi connectivity index (χ0v) is 13.6. The molecule has 0 atom stereocenters. The molecule has 1 amide bonds. The third kappa shape index (κ3) is 3.34. The molecule has 0 heterocycles. The van der Waals surface area contributed by atoms with E-state index in [0.29, 0.717) is 33.8 Å². The molecular formula is C15H16BrClN2O. The van der Waals surface area contributed by atoms with Crippen LogP contribution in [-0.2, 0) is 0 Å². The molecule has 2 rings (SSSR count). The Labute approximate surface area is 132 Å². The average Bonchev–Trinajstić information content (AvgIpc) is 2.44. The van der Waals surface area contributed by atoms with Crippen LogP contribution in [0.15, 0.2) is 22.7 Å². The minimum absolute atomic E-state index is 0.254. The average molecular weight is 356 g/mol. The first-order chi connectivity index (χ1) is 9.46. The second kappa shape index (κ2) is 6.15. The summed E-state index contributed by atoms with van der Waals surface area (Å²) >= 11 is 9.27. The van der Waals surface area contributed by atoms with Crippen LogP contribution in [0.3, 0.4) is 0 Å². The standard InChI is InChI=1S/C15H16BrClN2O/c1-10-4-6-15(9-18,7-5-10)19-14(20)12-8-11(17)2-3-13(12)16/h2-3,8,10H,4-7H2,1H3,(H,19,20). The van der Waals surface area contributed by atoms with Crippen molar-refractivity contribution in [3.05, 3.63) is 33.3 Å². The smallest absolute Gasteiger partial charge is 0.253 e. The number of hydrogen-bond acceptors (Lipinski definition) is 2. The van der Waals surface area contributed by atoms with Gasteiger partial charge in [0.05, 0.1) is 11.6 Å². The van der Waals surface area contributed by atoms with Crippen LogP contribution in [0.1, 0.15) is 43.0 Å². The van der Waals surface area contributed by atoms with E-state index >= 15 is 0 Å². The molecule has 0 saturated heterocycles. The van der Waals surface area contributed by atoms with E-state index in [1.54, 1.807) is 18.2 Å². The van der Waals surface area contributed by atoms with E-state index in [4.69, 9.17) is 11.6 Å². The Bertz CT molecular complexity index is 559. The van der Waals surface area contributed by atoms with Crippen molar-refractivity contribution in [2.24, 2.45) is 5.92 Å². The Hall–Kier alpha value is -1.05. The third-order valence-electron chi connectivity index (χ3n) is 3.87. The maximum absolute atomic E-state index is 12.4. The van der Waals surface area contributed by atoms with Crippen molar-refractivity contribution in [2.45, 2.75) is 38.1 Å². The highest BCUT2D eigenvalue weighted by molar-refractivity contribution is 9.10. The summed E-state index contributed by atoms with van der Waals surface area (Å²) in [5, 5.41) is 12.8. The Kier molecular flexibility index (Phi) is 4.72. The van der Waals surface area contributed by atoms with Crippen molar-refractivity contribution in [1.29, 1.82) is 5.26 Å². The van der Waals surface area contributed by atoms with Gasteiger partial charge in [-0.25, -0.2) is 0 Å². The van der Waals surface area contributed by atoms with Crippen molar-refractivity contribution < 1.29 is 4.79 Å². The summed E-state index contributed by atoms with van der Waals surface area (Å²) in [5.74, 6) is 0.363. The molecule has 1 aromatic rings. The number of nitrogens with one attached hydrogen (secondary N) is 1. The summed E-state index contributed by atoms with van der Waals surface area (Å²) < 4.78 is 0.677. The SMILES string of the molecule is CC1CCC(C#N)(NC(=O)c2cc(Cl)ccc2Br)CC1. The molecule has 1 aliphatic rings. The molecule has 1 saturated carbocycles. The van der Waals surface area contributed by atoms with E-state index in [1.165, 1.54) is 0 Å². The Morgan fingerprint density at radius 1 is 1.50 bits per heavy atom. The van der Waals surface area contributed by atoms with Gasteiger partial charge in [0.2, 0.25) is 0 Å². The molecule has 1 N–H and O–H groups in total. The fourth-order valence-corrected chi connectivity index (χ4v) is 3.07. The van der Waals surface area contributed by atoms with Crippen LogP contribution in [0.25, 0.3) is 0 Å². The number of carbonyl (C=O) groups is 1. The van der Waals surface area contributed by atoms with Crippen LogP contribution in [-0.4, -0.2) is 11.4 Å². The van der Waals surface area contributed by atoms with Crippen LogP contribution in [0, 0.1) is 17.2 Å². The van der Waals surface area contributed by atoms with E-state index in [2.05, 4.69) is 34.2 Å². The van der Waals surface area contributed by atoms with Gasteiger partial charge in [-0.15, -0.1) is 0 Å². The van der Waals surface area contributed by atoms with E-state index in [9.17, 15) is 10.1 Å². The van der Waals surface area contributed by atoms with Crippen LogP contribution in [0.4, 0.5) is 0 Å². The number of halogens is 2. The second-order valence-electron chi connectivity index (χ2n) is 5.45. The molecule has 0 bridgehead atoms. The van der Waals surface area contributed by atoms with Crippen molar-refractivity contribution in [3.8, 4) is 6.07 Å². The highest BCUT2D eigenvalue weighted by Gasteiger charge is 2.36. The molecule has 0 aromatic heterocycles. The molecule has 0 aliphatic heterocycles. The number of amides is 1. The van der Waals surface area contributed by atoms with Crippen LogP contribution in [0.5, 0.6) is 0 Å². The minimum Gasteiger partial charge on any atom is -0.334 e. The Balaban J connectivity index is 2.18. The van der Waals surface area contributed by atoms with Crippen molar-refractivity contribution in [3.63, 3.8) is 0 Å². The molecule has 20 heavy (non-hydrogen) atoms. The topological polar surface area (TPSA) is 52.9 Å².